The van der Waals surface area contributed by atoms with Crippen molar-refractivity contribution < 1.29 is 0 Å². The van der Waals surface area contributed by atoms with Crippen LogP contribution in [0.25, 0.3) is 0 Å². The number of rotatable bonds is 4. The van der Waals surface area contributed by atoms with E-state index >= 15 is 0 Å². The third kappa shape index (κ3) is 4.03. The highest BCUT2D eigenvalue weighted by atomic mass is 32.1. The average molecular weight is 300 g/mol. The van der Waals surface area contributed by atoms with Gasteiger partial charge in [0.1, 0.15) is 16.6 Å². The molecule has 110 valence electrons. The van der Waals surface area contributed by atoms with Crippen molar-refractivity contribution in [2.24, 2.45) is 5.73 Å². The predicted molar refractivity (Wildman–Crippen MR) is 88.4 cm³/mol. The molecule has 0 saturated carbocycles. The number of piperazine rings is 1. The molecular weight excluding hydrogens is 280 g/mol. The van der Waals surface area contributed by atoms with Gasteiger partial charge >= 0.3 is 0 Å². The third-order valence-corrected chi connectivity index (χ3v) is 4.02. The molecule has 0 aromatic heterocycles. The molecule has 1 aliphatic rings. The summed E-state index contributed by atoms with van der Waals surface area (Å²) in [6.45, 7) is 6.63. The van der Waals surface area contributed by atoms with Crippen molar-refractivity contribution in [3.05, 3.63) is 47.2 Å². The molecule has 0 spiro atoms. The molecule has 1 aliphatic heterocycles. The van der Waals surface area contributed by atoms with Gasteiger partial charge in [-0.2, -0.15) is 5.26 Å². The van der Waals surface area contributed by atoms with Crippen LogP contribution in [0.1, 0.15) is 12.5 Å². The van der Waals surface area contributed by atoms with Crippen molar-refractivity contribution in [3.8, 4) is 6.07 Å². The minimum atomic E-state index is 0.182. The topological polar surface area (TPSA) is 56.3 Å². The minimum Gasteiger partial charge on any atom is -0.389 e. The summed E-state index contributed by atoms with van der Waals surface area (Å²) in [6.07, 6.45) is 0. The number of benzene rings is 1. The van der Waals surface area contributed by atoms with Gasteiger partial charge in [-0.25, -0.2) is 0 Å². The predicted octanol–water partition coefficient (Wildman–Crippen LogP) is 1.89. The highest BCUT2D eigenvalue weighted by Gasteiger charge is 2.19. The summed E-state index contributed by atoms with van der Waals surface area (Å²) < 4.78 is 0. The van der Waals surface area contributed by atoms with Gasteiger partial charge < -0.3 is 10.6 Å². The van der Waals surface area contributed by atoms with Crippen molar-refractivity contribution in [2.45, 2.75) is 13.5 Å². The van der Waals surface area contributed by atoms with Crippen LogP contribution in [0.2, 0.25) is 0 Å². The Morgan fingerprint density at radius 3 is 2.38 bits per heavy atom. The zero-order chi connectivity index (χ0) is 15.2. The Morgan fingerprint density at radius 1 is 1.24 bits per heavy atom. The SMILES string of the molecule is CC(=C(C#N)C(N)=S)N1CCN(Cc2ccccc2)CC1. The second-order valence-electron chi connectivity index (χ2n) is 5.19. The first-order valence-electron chi connectivity index (χ1n) is 7.04. The molecule has 1 aromatic rings. The van der Waals surface area contributed by atoms with Gasteiger partial charge in [-0.1, -0.05) is 42.5 Å². The molecule has 2 N–H and O–H groups in total. The van der Waals surface area contributed by atoms with E-state index < -0.39 is 0 Å². The summed E-state index contributed by atoms with van der Waals surface area (Å²) in [7, 11) is 0. The Kier molecular flexibility index (Phi) is 5.32. The van der Waals surface area contributed by atoms with Crippen LogP contribution in [0, 0.1) is 11.3 Å². The maximum Gasteiger partial charge on any atom is 0.116 e. The lowest BCUT2D eigenvalue weighted by molar-refractivity contribution is 0.152. The van der Waals surface area contributed by atoms with Crippen molar-refractivity contribution in [1.29, 1.82) is 5.26 Å². The van der Waals surface area contributed by atoms with Crippen LogP contribution in [0.3, 0.4) is 0 Å². The van der Waals surface area contributed by atoms with E-state index in [1.54, 1.807) is 0 Å². The van der Waals surface area contributed by atoms with E-state index in [1.807, 2.05) is 13.0 Å². The molecule has 1 heterocycles. The van der Waals surface area contributed by atoms with Gasteiger partial charge in [-0.05, 0) is 12.5 Å². The molecule has 1 aromatic carbocycles. The van der Waals surface area contributed by atoms with Crippen LogP contribution in [-0.2, 0) is 6.54 Å². The zero-order valence-corrected chi connectivity index (χ0v) is 13.1. The number of allylic oxidation sites excluding steroid dienone is 1. The lowest BCUT2D eigenvalue weighted by Crippen LogP contribution is -2.45. The standard InChI is InChI=1S/C16H20N4S/c1-13(15(11-17)16(18)21)20-9-7-19(8-10-20)12-14-5-3-2-4-6-14/h2-6H,7-10,12H2,1H3,(H2,18,21). The maximum absolute atomic E-state index is 9.13. The van der Waals surface area contributed by atoms with Gasteiger partial charge in [0.05, 0.1) is 0 Å². The van der Waals surface area contributed by atoms with E-state index in [2.05, 4.69) is 40.1 Å². The van der Waals surface area contributed by atoms with E-state index in [4.69, 9.17) is 23.2 Å². The highest BCUT2D eigenvalue weighted by Crippen LogP contribution is 2.15. The van der Waals surface area contributed by atoms with Gasteiger partial charge in [0.25, 0.3) is 0 Å². The number of thiocarbonyl (C=S) groups is 1. The maximum atomic E-state index is 9.13. The van der Waals surface area contributed by atoms with Crippen LogP contribution >= 0.6 is 12.2 Å². The Balaban J connectivity index is 1.95. The van der Waals surface area contributed by atoms with Crippen LogP contribution in [0.5, 0.6) is 0 Å². The molecule has 1 fully saturated rings. The second-order valence-corrected chi connectivity index (χ2v) is 5.63. The van der Waals surface area contributed by atoms with Crippen LogP contribution in [-0.4, -0.2) is 41.0 Å². The molecule has 0 radical (unpaired) electrons. The number of hydrogen-bond acceptors (Lipinski definition) is 4. The molecule has 0 aliphatic carbocycles. The van der Waals surface area contributed by atoms with Crippen molar-refractivity contribution in [1.82, 2.24) is 9.80 Å². The fourth-order valence-electron chi connectivity index (χ4n) is 2.56. The molecule has 0 amide bonds. The number of hydrogen-bond donors (Lipinski definition) is 1. The third-order valence-electron chi connectivity index (χ3n) is 3.82. The minimum absolute atomic E-state index is 0.182. The fourth-order valence-corrected chi connectivity index (χ4v) is 2.75. The first-order valence-corrected chi connectivity index (χ1v) is 7.44. The quantitative estimate of drug-likeness (QED) is 0.523. The number of nitrogens with two attached hydrogens (primary N) is 1. The van der Waals surface area contributed by atoms with Gasteiger partial charge in [0.15, 0.2) is 0 Å². The van der Waals surface area contributed by atoms with Crippen LogP contribution in [0.4, 0.5) is 0 Å². The smallest absolute Gasteiger partial charge is 0.116 e. The fraction of sp³-hybridized carbons (Fsp3) is 0.375. The zero-order valence-electron chi connectivity index (χ0n) is 12.2. The molecule has 1 saturated heterocycles. The molecule has 0 atom stereocenters. The summed E-state index contributed by atoms with van der Waals surface area (Å²) in [5.41, 5.74) is 8.26. The largest absolute Gasteiger partial charge is 0.389 e. The van der Waals surface area contributed by atoms with Crippen LogP contribution < -0.4 is 5.73 Å². The van der Waals surface area contributed by atoms with E-state index in [-0.39, 0.29) is 4.99 Å². The molecule has 0 unspecified atom stereocenters. The van der Waals surface area contributed by atoms with E-state index in [1.165, 1.54) is 5.56 Å². The lowest BCUT2D eigenvalue weighted by atomic mass is 10.1. The summed E-state index contributed by atoms with van der Waals surface area (Å²) in [6, 6.07) is 12.6. The Bertz CT molecular complexity index is 566. The first kappa shape index (κ1) is 15.5. The monoisotopic (exact) mass is 300 g/mol. The Hall–Kier alpha value is -1.90. The number of nitrogens with zero attached hydrogens (tertiary/aromatic N) is 3. The lowest BCUT2D eigenvalue weighted by Gasteiger charge is -2.36. The Morgan fingerprint density at radius 2 is 1.86 bits per heavy atom. The molecule has 21 heavy (non-hydrogen) atoms. The Labute approximate surface area is 131 Å². The summed E-state index contributed by atoms with van der Waals surface area (Å²) in [5, 5.41) is 9.13. The second kappa shape index (κ2) is 7.21. The summed E-state index contributed by atoms with van der Waals surface area (Å²) >= 11 is 4.93. The van der Waals surface area contributed by atoms with Crippen molar-refractivity contribution >= 4 is 17.2 Å². The van der Waals surface area contributed by atoms with E-state index in [0.717, 1.165) is 38.4 Å². The summed E-state index contributed by atoms with van der Waals surface area (Å²) in [5.74, 6) is 0. The van der Waals surface area contributed by atoms with E-state index in [9.17, 15) is 0 Å². The number of nitriles is 1. The molecule has 0 bridgehead atoms. The molecule has 2 rings (SSSR count). The van der Waals surface area contributed by atoms with Gasteiger partial charge in [-0.3, -0.25) is 4.90 Å². The van der Waals surface area contributed by atoms with E-state index in [0.29, 0.717) is 5.57 Å². The summed E-state index contributed by atoms with van der Waals surface area (Å²) in [4.78, 5) is 4.80. The van der Waals surface area contributed by atoms with Crippen molar-refractivity contribution in [2.75, 3.05) is 26.2 Å². The molecular formula is C16H20N4S. The normalized spacial score (nSPS) is 17.0. The van der Waals surface area contributed by atoms with Crippen LogP contribution in [0.15, 0.2) is 41.6 Å². The van der Waals surface area contributed by atoms with Crippen molar-refractivity contribution in [3.63, 3.8) is 0 Å². The first-order chi connectivity index (χ1) is 10.1. The molecule has 5 heteroatoms. The van der Waals surface area contributed by atoms with Gasteiger partial charge in [-0.15, -0.1) is 0 Å². The van der Waals surface area contributed by atoms with Gasteiger partial charge in [0, 0.05) is 38.4 Å². The highest BCUT2D eigenvalue weighted by molar-refractivity contribution is 7.80. The molecule has 4 nitrogen and oxygen atoms in total. The van der Waals surface area contributed by atoms with Gasteiger partial charge in [0.2, 0.25) is 0 Å². The average Bonchev–Trinajstić information content (AvgIpc) is 2.49.